The molecule has 1 aromatic heterocycles. The third-order valence-electron chi connectivity index (χ3n) is 8.12. The van der Waals surface area contributed by atoms with Gasteiger partial charge >= 0.3 is 0 Å². The van der Waals surface area contributed by atoms with Gasteiger partial charge in [-0.3, -0.25) is 19.3 Å². The lowest BCUT2D eigenvalue weighted by Crippen LogP contribution is -2.53. The van der Waals surface area contributed by atoms with E-state index >= 15 is 0 Å². The zero-order chi connectivity index (χ0) is 30.5. The summed E-state index contributed by atoms with van der Waals surface area (Å²) in [4.78, 5) is 44.7. The number of aryl methyl sites for hydroxylation is 1. The molecule has 3 aliphatic heterocycles. The zero-order valence-corrected chi connectivity index (χ0v) is 26.1. The molecule has 0 N–H and O–H groups in total. The Bertz CT molecular complexity index is 1590. The number of carbonyl (C=O) groups is 3. The van der Waals surface area contributed by atoms with Gasteiger partial charge in [-0.05, 0) is 42.3 Å². The maximum Gasteiger partial charge on any atom is 0.242 e. The largest absolute Gasteiger partial charge is 0.454 e. The summed E-state index contributed by atoms with van der Waals surface area (Å²) in [5.41, 5.74) is 4.28. The van der Waals surface area contributed by atoms with Gasteiger partial charge in [-0.25, -0.2) is 4.68 Å². The van der Waals surface area contributed by atoms with Crippen molar-refractivity contribution in [2.45, 2.75) is 45.3 Å². The number of amides is 3. The highest BCUT2D eigenvalue weighted by atomic mass is 32.2. The lowest BCUT2D eigenvalue weighted by Gasteiger charge is -2.35. The van der Waals surface area contributed by atoms with Crippen LogP contribution in [-0.2, 0) is 19.8 Å². The van der Waals surface area contributed by atoms with Crippen molar-refractivity contribution in [3.63, 3.8) is 0 Å². The van der Waals surface area contributed by atoms with Crippen molar-refractivity contribution in [3.05, 3.63) is 64.8 Å². The summed E-state index contributed by atoms with van der Waals surface area (Å²) in [7, 11) is 0. The van der Waals surface area contributed by atoms with Crippen molar-refractivity contribution >= 4 is 35.3 Å². The summed E-state index contributed by atoms with van der Waals surface area (Å²) in [6.07, 6.45) is 0. The minimum atomic E-state index is -0.361. The molecule has 3 aromatic rings. The molecule has 11 heteroatoms. The number of hydrogen-bond acceptors (Lipinski definition) is 7. The summed E-state index contributed by atoms with van der Waals surface area (Å²) < 4.78 is 13.1. The van der Waals surface area contributed by atoms with Gasteiger partial charge < -0.3 is 19.3 Å². The summed E-state index contributed by atoms with van der Waals surface area (Å²) >= 11 is 1.54. The van der Waals surface area contributed by atoms with Gasteiger partial charge in [-0.15, -0.1) is 11.8 Å². The molecule has 0 unspecified atom stereocenters. The molecule has 6 rings (SSSR count). The molecular weight excluding hydrogens is 566 g/mol. The van der Waals surface area contributed by atoms with Crippen LogP contribution in [0.1, 0.15) is 55.3 Å². The number of rotatable bonds is 4. The van der Waals surface area contributed by atoms with Crippen LogP contribution in [0.3, 0.4) is 0 Å². The van der Waals surface area contributed by atoms with E-state index in [1.165, 1.54) is 11.8 Å². The van der Waals surface area contributed by atoms with Crippen LogP contribution in [0, 0.1) is 6.92 Å². The Labute approximate surface area is 255 Å². The number of hydrogen-bond donors (Lipinski definition) is 0. The highest BCUT2D eigenvalue weighted by Gasteiger charge is 2.41. The van der Waals surface area contributed by atoms with E-state index in [0.29, 0.717) is 43.5 Å². The third kappa shape index (κ3) is 5.58. The normalized spacial score (nSPS) is 18.5. The molecule has 3 aliphatic rings. The van der Waals surface area contributed by atoms with Crippen molar-refractivity contribution in [3.8, 4) is 17.2 Å². The molecule has 1 fully saturated rings. The first-order chi connectivity index (χ1) is 20.5. The summed E-state index contributed by atoms with van der Waals surface area (Å²) in [5.74, 6) is 1.88. The van der Waals surface area contributed by atoms with Crippen LogP contribution >= 0.6 is 11.8 Å². The number of thioether (sulfide) groups is 1. The minimum Gasteiger partial charge on any atom is -0.454 e. The number of anilines is 1. The Morgan fingerprint density at radius 1 is 1.00 bits per heavy atom. The van der Waals surface area contributed by atoms with Crippen molar-refractivity contribution in [1.82, 2.24) is 19.6 Å². The molecule has 0 saturated carbocycles. The van der Waals surface area contributed by atoms with Crippen molar-refractivity contribution in [1.29, 1.82) is 0 Å². The van der Waals surface area contributed by atoms with Gasteiger partial charge in [0.1, 0.15) is 12.4 Å². The Kier molecular flexibility index (Phi) is 7.62. The Balaban J connectivity index is 1.48. The molecule has 1 atom stereocenters. The molecule has 1 saturated heterocycles. The summed E-state index contributed by atoms with van der Waals surface area (Å²) in [5, 5.41) is 4.95. The molecule has 0 spiro atoms. The van der Waals surface area contributed by atoms with Crippen LogP contribution in [0.5, 0.6) is 11.5 Å². The SMILES string of the molecule is CC(=O)N1CCN(C(=O)CN2C(=O)CS[C@@H](c3ccc4c(c3)OCO4)c3c(C(C)(C)C)nn(-c4cccc(C)c4)c32)CC1. The van der Waals surface area contributed by atoms with Gasteiger partial charge in [0.15, 0.2) is 11.5 Å². The van der Waals surface area contributed by atoms with Crippen molar-refractivity contribution in [2.24, 2.45) is 0 Å². The first-order valence-corrected chi connectivity index (χ1v) is 15.6. The van der Waals surface area contributed by atoms with E-state index in [9.17, 15) is 14.4 Å². The van der Waals surface area contributed by atoms with Crippen LogP contribution in [0.15, 0.2) is 42.5 Å². The second kappa shape index (κ2) is 11.3. The maximum atomic E-state index is 14.0. The molecule has 2 aromatic carbocycles. The predicted molar refractivity (Wildman–Crippen MR) is 165 cm³/mol. The topological polar surface area (TPSA) is 97.2 Å². The fourth-order valence-electron chi connectivity index (χ4n) is 5.86. The van der Waals surface area contributed by atoms with E-state index in [1.807, 2.05) is 54.1 Å². The summed E-state index contributed by atoms with van der Waals surface area (Å²) in [6.45, 7) is 11.8. The lowest BCUT2D eigenvalue weighted by atomic mass is 9.87. The molecule has 0 bridgehead atoms. The number of ether oxygens (including phenoxy) is 2. The monoisotopic (exact) mass is 603 g/mol. The molecule has 0 radical (unpaired) electrons. The number of fused-ring (bicyclic) bond motifs is 2. The van der Waals surface area contributed by atoms with E-state index in [1.54, 1.807) is 21.6 Å². The van der Waals surface area contributed by atoms with Crippen LogP contribution in [0.2, 0.25) is 0 Å². The van der Waals surface area contributed by atoms with E-state index < -0.39 is 0 Å². The average molecular weight is 604 g/mol. The van der Waals surface area contributed by atoms with Gasteiger partial charge in [0.25, 0.3) is 0 Å². The van der Waals surface area contributed by atoms with Crippen molar-refractivity contribution < 1.29 is 23.9 Å². The maximum absolute atomic E-state index is 14.0. The van der Waals surface area contributed by atoms with E-state index in [0.717, 1.165) is 28.1 Å². The standard InChI is InChI=1S/C32H37N5O5S/c1-20-7-6-8-23(15-20)37-31-28(30(33-37)32(3,4)5)29(22-9-10-24-25(16-22)42-19-41-24)43-18-27(40)36(31)17-26(39)35-13-11-34(12-14-35)21(2)38/h6-10,15-16,29H,11-14,17-19H2,1-5H3/t29-/m0/s1. The second-order valence-electron chi connectivity index (χ2n) is 12.3. The smallest absolute Gasteiger partial charge is 0.242 e. The van der Waals surface area contributed by atoms with Gasteiger partial charge in [-0.2, -0.15) is 5.10 Å². The highest BCUT2D eigenvalue weighted by Crippen LogP contribution is 2.50. The van der Waals surface area contributed by atoms with Crippen LogP contribution in [0.4, 0.5) is 5.82 Å². The van der Waals surface area contributed by atoms with Crippen molar-refractivity contribution in [2.75, 3.05) is 50.2 Å². The minimum absolute atomic E-state index is 0.00258. The van der Waals surface area contributed by atoms with Crippen LogP contribution < -0.4 is 14.4 Å². The van der Waals surface area contributed by atoms with Gasteiger partial charge in [0.05, 0.1) is 22.4 Å². The number of benzene rings is 2. The highest BCUT2D eigenvalue weighted by molar-refractivity contribution is 8.00. The third-order valence-corrected chi connectivity index (χ3v) is 9.37. The molecular formula is C32H37N5O5S. The molecule has 3 amide bonds. The molecule has 0 aliphatic carbocycles. The number of carbonyl (C=O) groups excluding carboxylic acids is 3. The quantitative estimate of drug-likeness (QED) is 0.444. The molecule has 43 heavy (non-hydrogen) atoms. The van der Waals surface area contributed by atoms with Gasteiger partial charge in [-0.1, -0.05) is 39.0 Å². The number of nitrogens with zero attached hydrogens (tertiary/aromatic N) is 5. The number of piperazine rings is 1. The predicted octanol–water partition coefficient (Wildman–Crippen LogP) is 4.07. The van der Waals surface area contributed by atoms with E-state index in [4.69, 9.17) is 14.6 Å². The van der Waals surface area contributed by atoms with Crippen LogP contribution in [-0.4, -0.2) is 82.6 Å². The van der Waals surface area contributed by atoms with E-state index in [-0.39, 0.29) is 47.5 Å². The molecule has 10 nitrogen and oxygen atoms in total. The first kappa shape index (κ1) is 29.1. The fourth-order valence-corrected chi connectivity index (χ4v) is 7.05. The Morgan fingerprint density at radius 3 is 2.42 bits per heavy atom. The second-order valence-corrected chi connectivity index (χ2v) is 13.4. The average Bonchev–Trinajstić information content (AvgIpc) is 3.58. The molecule has 226 valence electrons. The van der Waals surface area contributed by atoms with E-state index in [2.05, 4.69) is 20.8 Å². The van der Waals surface area contributed by atoms with Gasteiger partial charge in [0.2, 0.25) is 24.5 Å². The fraction of sp³-hybridized carbons (Fsp3) is 0.438. The Hall–Kier alpha value is -3.99. The zero-order valence-electron chi connectivity index (χ0n) is 25.3. The first-order valence-electron chi connectivity index (χ1n) is 14.6. The number of aromatic nitrogens is 2. The van der Waals surface area contributed by atoms with Gasteiger partial charge in [0, 0.05) is 44.1 Å². The lowest BCUT2D eigenvalue weighted by molar-refractivity contribution is -0.137. The molecule has 4 heterocycles. The summed E-state index contributed by atoms with van der Waals surface area (Å²) in [6, 6.07) is 13.9. The van der Waals surface area contributed by atoms with Crippen LogP contribution in [0.25, 0.3) is 5.69 Å². The Morgan fingerprint density at radius 2 is 1.72 bits per heavy atom.